The van der Waals surface area contributed by atoms with Gasteiger partial charge in [0, 0.05) is 30.9 Å². The van der Waals surface area contributed by atoms with Crippen LogP contribution in [0.5, 0.6) is 0 Å². The summed E-state index contributed by atoms with van der Waals surface area (Å²) in [6.45, 7) is 4.14. The van der Waals surface area contributed by atoms with Gasteiger partial charge in [0.15, 0.2) is 0 Å². The lowest BCUT2D eigenvalue weighted by molar-refractivity contribution is -0.135. The first kappa shape index (κ1) is 14.2. The number of hydrogen-bond donors (Lipinski definition) is 2. The Morgan fingerprint density at radius 3 is 2.83 bits per heavy atom. The predicted octanol–water partition coefficient (Wildman–Crippen LogP) is 1.79. The van der Waals surface area contributed by atoms with Crippen LogP contribution in [0.4, 0.5) is 0 Å². The van der Waals surface area contributed by atoms with E-state index in [1.54, 1.807) is 6.20 Å². The monoisotopic (exact) mass is 311 g/mol. The zero-order valence-corrected chi connectivity index (χ0v) is 13.3. The first-order valence-corrected chi connectivity index (χ1v) is 8.23. The molecule has 1 saturated heterocycles. The third-order valence-electron chi connectivity index (χ3n) is 5.14. The number of amides is 1. The smallest absolute Gasteiger partial charge is 0.240 e. The van der Waals surface area contributed by atoms with Gasteiger partial charge in [-0.25, -0.2) is 4.98 Å². The van der Waals surface area contributed by atoms with Crippen LogP contribution in [0, 0.1) is 0 Å². The van der Waals surface area contributed by atoms with Crippen molar-refractivity contribution in [2.45, 2.75) is 31.6 Å². The normalized spacial score (nSPS) is 24.6. The lowest BCUT2D eigenvalue weighted by Gasteiger charge is -2.36. The molecule has 6 heteroatoms. The second-order valence-corrected chi connectivity index (χ2v) is 6.39. The molecule has 120 valence electrons. The standard InChI is InChI=1S/C17H21N5O/c1-12-17(11-20-21-12,16(23)22-9-3-2-4-10-22)14-6-8-19-15-13(14)5-7-18-15/h5-8,20H,2-4,9-11H2,1H3,(H,18,19). The molecule has 23 heavy (non-hydrogen) atoms. The van der Waals surface area contributed by atoms with Crippen LogP contribution in [-0.4, -0.2) is 46.1 Å². The van der Waals surface area contributed by atoms with E-state index in [1.807, 2.05) is 30.2 Å². The average molecular weight is 311 g/mol. The lowest BCUT2D eigenvalue weighted by Crippen LogP contribution is -2.53. The van der Waals surface area contributed by atoms with Crippen LogP contribution in [-0.2, 0) is 10.2 Å². The molecule has 1 fully saturated rings. The van der Waals surface area contributed by atoms with E-state index in [-0.39, 0.29) is 5.91 Å². The molecule has 2 aromatic rings. The van der Waals surface area contributed by atoms with E-state index < -0.39 is 5.41 Å². The van der Waals surface area contributed by atoms with Crippen molar-refractivity contribution in [2.24, 2.45) is 5.10 Å². The maximum absolute atomic E-state index is 13.5. The molecule has 0 saturated carbocycles. The number of hydrogen-bond acceptors (Lipinski definition) is 4. The molecule has 2 N–H and O–H groups in total. The Hall–Kier alpha value is -2.37. The number of pyridine rings is 1. The van der Waals surface area contributed by atoms with Crippen molar-refractivity contribution >= 4 is 22.7 Å². The molecular formula is C17H21N5O. The van der Waals surface area contributed by atoms with Crippen LogP contribution in [0.3, 0.4) is 0 Å². The van der Waals surface area contributed by atoms with Gasteiger partial charge in [0.25, 0.3) is 0 Å². The minimum atomic E-state index is -0.722. The van der Waals surface area contributed by atoms with Crippen molar-refractivity contribution in [3.8, 4) is 0 Å². The molecule has 1 unspecified atom stereocenters. The van der Waals surface area contributed by atoms with Gasteiger partial charge in [-0.2, -0.15) is 5.10 Å². The lowest BCUT2D eigenvalue weighted by atomic mass is 9.75. The number of piperidine rings is 1. The number of nitrogens with one attached hydrogen (secondary N) is 2. The number of fused-ring (bicyclic) bond motifs is 1. The van der Waals surface area contributed by atoms with Gasteiger partial charge in [-0.1, -0.05) is 0 Å². The molecule has 0 aromatic carbocycles. The Morgan fingerprint density at radius 1 is 1.26 bits per heavy atom. The van der Waals surface area contributed by atoms with Crippen LogP contribution in [0.25, 0.3) is 11.0 Å². The number of carbonyl (C=O) groups is 1. The molecule has 6 nitrogen and oxygen atoms in total. The molecule has 0 radical (unpaired) electrons. The summed E-state index contributed by atoms with van der Waals surface area (Å²) in [6.07, 6.45) is 7.02. The Bertz CT molecular complexity index is 774. The van der Waals surface area contributed by atoms with E-state index in [0.29, 0.717) is 6.54 Å². The zero-order chi connectivity index (χ0) is 15.9. The summed E-state index contributed by atoms with van der Waals surface area (Å²) in [7, 11) is 0. The van der Waals surface area contributed by atoms with Crippen LogP contribution >= 0.6 is 0 Å². The van der Waals surface area contributed by atoms with Crippen LogP contribution < -0.4 is 5.43 Å². The van der Waals surface area contributed by atoms with Crippen LogP contribution in [0.2, 0.25) is 0 Å². The highest BCUT2D eigenvalue weighted by molar-refractivity contribution is 6.16. The molecule has 2 aliphatic rings. The number of likely N-dealkylation sites (tertiary alicyclic amines) is 1. The molecule has 4 heterocycles. The van der Waals surface area contributed by atoms with Gasteiger partial charge < -0.3 is 15.3 Å². The fourth-order valence-corrected chi connectivity index (χ4v) is 3.84. The maximum atomic E-state index is 13.5. The highest BCUT2D eigenvalue weighted by Gasteiger charge is 2.49. The molecule has 4 rings (SSSR count). The largest absolute Gasteiger partial charge is 0.346 e. The van der Waals surface area contributed by atoms with E-state index in [4.69, 9.17) is 0 Å². The van der Waals surface area contributed by atoms with Crippen molar-refractivity contribution in [1.82, 2.24) is 20.3 Å². The van der Waals surface area contributed by atoms with E-state index in [2.05, 4.69) is 20.5 Å². The summed E-state index contributed by atoms with van der Waals surface area (Å²) < 4.78 is 0. The topological polar surface area (TPSA) is 73.4 Å². The van der Waals surface area contributed by atoms with Crippen molar-refractivity contribution in [1.29, 1.82) is 0 Å². The van der Waals surface area contributed by atoms with Gasteiger partial charge in [-0.15, -0.1) is 0 Å². The molecule has 0 spiro atoms. The summed E-state index contributed by atoms with van der Waals surface area (Å²) in [6, 6.07) is 3.96. The zero-order valence-electron chi connectivity index (χ0n) is 13.3. The molecule has 1 atom stereocenters. The first-order valence-electron chi connectivity index (χ1n) is 8.23. The van der Waals surface area contributed by atoms with Crippen LogP contribution in [0.1, 0.15) is 31.7 Å². The Labute approximate surface area is 135 Å². The van der Waals surface area contributed by atoms with Gasteiger partial charge >= 0.3 is 0 Å². The number of H-pyrrole nitrogens is 1. The Balaban J connectivity index is 1.86. The Morgan fingerprint density at radius 2 is 2.09 bits per heavy atom. The highest BCUT2D eigenvalue weighted by atomic mass is 16.2. The SMILES string of the molecule is CC1=NNCC1(C(=O)N1CCCCC1)c1ccnc2[nH]ccc12. The van der Waals surface area contributed by atoms with Crippen molar-refractivity contribution in [2.75, 3.05) is 19.6 Å². The van der Waals surface area contributed by atoms with Gasteiger partial charge in [0.2, 0.25) is 5.91 Å². The van der Waals surface area contributed by atoms with E-state index >= 15 is 0 Å². The second kappa shape index (κ2) is 5.37. The van der Waals surface area contributed by atoms with Crippen molar-refractivity contribution in [3.63, 3.8) is 0 Å². The first-order chi connectivity index (χ1) is 11.2. The van der Waals surface area contributed by atoms with Gasteiger partial charge in [0.05, 0.1) is 12.3 Å². The van der Waals surface area contributed by atoms with Gasteiger partial charge in [-0.05, 0) is 43.9 Å². The molecular weight excluding hydrogens is 290 g/mol. The van der Waals surface area contributed by atoms with E-state index in [9.17, 15) is 4.79 Å². The number of aromatic amines is 1. The molecule has 1 amide bonds. The molecule has 2 aliphatic heterocycles. The number of carbonyl (C=O) groups excluding carboxylic acids is 1. The minimum absolute atomic E-state index is 0.164. The third-order valence-corrected chi connectivity index (χ3v) is 5.14. The number of aromatic nitrogens is 2. The Kier molecular flexibility index (Phi) is 3.32. The van der Waals surface area contributed by atoms with E-state index in [0.717, 1.165) is 48.2 Å². The fourth-order valence-electron chi connectivity index (χ4n) is 3.84. The molecule has 0 bridgehead atoms. The highest BCUT2D eigenvalue weighted by Crippen LogP contribution is 2.35. The molecule has 0 aliphatic carbocycles. The van der Waals surface area contributed by atoms with Crippen molar-refractivity contribution in [3.05, 3.63) is 30.1 Å². The van der Waals surface area contributed by atoms with Gasteiger partial charge in [0.1, 0.15) is 11.1 Å². The maximum Gasteiger partial charge on any atom is 0.240 e. The van der Waals surface area contributed by atoms with Crippen LogP contribution in [0.15, 0.2) is 29.6 Å². The number of nitrogens with zero attached hydrogens (tertiary/aromatic N) is 3. The summed E-state index contributed by atoms with van der Waals surface area (Å²) in [5, 5.41) is 5.36. The van der Waals surface area contributed by atoms with E-state index in [1.165, 1.54) is 6.42 Å². The fraction of sp³-hybridized carbons (Fsp3) is 0.471. The summed E-state index contributed by atoms with van der Waals surface area (Å²) in [4.78, 5) is 23.0. The summed E-state index contributed by atoms with van der Waals surface area (Å²) >= 11 is 0. The average Bonchev–Trinajstić information content (AvgIpc) is 3.22. The number of rotatable bonds is 2. The minimum Gasteiger partial charge on any atom is -0.346 e. The quantitative estimate of drug-likeness (QED) is 0.888. The predicted molar refractivity (Wildman–Crippen MR) is 89.3 cm³/mol. The molecule has 2 aromatic heterocycles. The third kappa shape index (κ3) is 2.04. The van der Waals surface area contributed by atoms with Crippen molar-refractivity contribution < 1.29 is 4.79 Å². The summed E-state index contributed by atoms with van der Waals surface area (Å²) in [5.41, 5.74) is 4.97. The second-order valence-electron chi connectivity index (χ2n) is 6.39. The summed E-state index contributed by atoms with van der Waals surface area (Å²) in [5.74, 6) is 0.164. The van der Waals surface area contributed by atoms with Gasteiger partial charge in [-0.3, -0.25) is 4.79 Å². The number of hydrazone groups is 1.